The second kappa shape index (κ2) is 9.08. The van der Waals surface area contributed by atoms with Crippen molar-refractivity contribution in [2.45, 2.75) is 33.0 Å². The smallest absolute Gasteiger partial charge is 0.435 e. The molecule has 1 N–H and O–H groups in total. The molecule has 32 heavy (non-hydrogen) atoms. The molecule has 3 aromatic rings. The van der Waals surface area contributed by atoms with Crippen LogP contribution >= 0.6 is 0 Å². The first-order valence-electron chi connectivity index (χ1n) is 9.47. The van der Waals surface area contributed by atoms with Gasteiger partial charge in [-0.25, -0.2) is 0 Å². The Morgan fingerprint density at radius 2 is 1.91 bits per heavy atom. The fourth-order valence-corrected chi connectivity index (χ4v) is 2.92. The molecule has 0 aliphatic rings. The average molecular weight is 448 g/mol. The number of nitro benzene ring substituents is 1. The van der Waals surface area contributed by atoms with Gasteiger partial charge < -0.3 is 10.1 Å². The Labute approximate surface area is 180 Å². The van der Waals surface area contributed by atoms with E-state index in [0.717, 1.165) is 16.3 Å². The molecule has 11 heteroatoms. The Kier molecular flexibility index (Phi) is 6.47. The van der Waals surface area contributed by atoms with E-state index in [9.17, 15) is 28.1 Å². The molecule has 0 saturated heterocycles. The van der Waals surface area contributed by atoms with Crippen LogP contribution in [0, 0.1) is 24.0 Å². The number of hydrogen-bond acceptors (Lipinski definition) is 5. The van der Waals surface area contributed by atoms with Crippen LogP contribution in [-0.4, -0.2) is 20.6 Å². The summed E-state index contributed by atoms with van der Waals surface area (Å²) in [6.45, 7) is 3.18. The van der Waals surface area contributed by atoms with Gasteiger partial charge in [-0.15, -0.1) is 0 Å². The Morgan fingerprint density at radius 1 is 1.19 bits per heavy atom. The molecule has 1 heterocycles. The van der Waals surface area contributed by atoms with E-state index in [-0.39, 0.29) is 35.8 Å². The standard InChI is InChI=1S/C21H19F3N4O4/c1-13-5-3-4-6-18(13)32-17-11-15(10-16(12-17)28(30)31)25-20(29)7-8-27-14(2)9-19(26-27)21(22,23)24/h3-6,9-12H,7-8H2,1-2H3,(H,25,29). The maximum Gasteiger partial charge on any atom is 0.435 e. The molecule has 1 amide bonds. The highest BCUT2D eigenvalue weighted by molar-refractivity contribution is 5.91. The van der Waals surface area contributed by atoms with Crippen molar-refractivity contribution in [1.29, 1.82) is 0 Å². The second-order valence-corrected chi connectivity index (χ2v) is 7.03. The van der Waals surface area contributed by atoms with E-state index >= 15 is 0 Å². The monoisotopic (exact) mass is 448 g/mol. The number of non-ortho nitro benzene ring substituents is 1. The van der Waals surface area contributed by atoms with Gasteiger partial charge in [-0.1, -0.05) is 18.2 Å². The van der Waals surface area contributed by atoms with Gasteiger partial charge >= 0.3 is 6.18 Å². The predicted molar refractivity (Wildman–Crippen MR) is 110 cm³/mol. The number of para-hydroxylation sites is 1. The third kappa shape index (κ3) is 5.62. The van der Waals surface area contributed by atoms with Crippen molar-refractivity contribution in [2.75, 3.05) is 5.32 Å². The summed E-state index contributed by atoms with van der Waals surface area (Å²) in [4.78, 5) is 23.0. The van der Waals surface area contributed by atoms with Crippen molar-refractivity contribution in [3.05, 3.63) is 75.6 Å². The second-order valence-electron chi connectivity index (χ2n) is 7.03. The minimum atomic E-state index is -4.57. The lowest BCUT2D eigenvalue weighted by Gasteiger charge is -2.11. The van der Waals surface area contributed by atoms with Crippen LogP contribution in [0.25, 0.3) is 0 Å². The van der Waals surface area contributed by atoms with Crippen LogP contribution in [0.1, 0.15) is 23.4 Å². The zero-order valence-electron chi connectivity index (χ0n) is 17.1. The molecule has 168 valence electrons. The van der Waals surface area contributed by atoms with E-state index < -0.39 is 22.7 Å². The largest absolute Gasteiger partial charge is 0.457 e. The summed E-state index contributed by atoms with van der Waals surface area (Å²) in [6.07, 6.45) is -4.76. The van der Waals surface area contributed by atoms with Crippen LogP contribution in [0.15, 0.2) is 48.5 Å². The van der Waals surface area contributed by atoms with E-state index in [2.05, 4.69) is 10.4 Å². The molecular formula is C21H19F3N4O4. The van der Waals surface area contributed by atoms with Gasteiger partial charge in [0.15, 0.2) is 5.69 Å². The number of nitrogens with zero attached hydrogens (tertiary/aromatic N) is 3. The molecule has 0 atom stereocenters. The van der Waals surface area contributed by atoms with Crippen LogP contribution in [0.2, 0.25) is 0 Å². The van der Waals surface area contributed by atoms with E-state index in [1.54, 1.807) is 12.1 Å². The van der Waals surface area contributed by atoms with Crippen LogP contribution < -0.4 is 10.1 Å². The van der Waals surface area contributed by atoms with Crippen molar-refractivity contribution >= 4 is 17.3 Å². The number of amides is 1. The number of alkyl halides is 3. The van der Waals surface area contributed by atoms with Crippen molar-refractivity contribution in [3.8, 4) is 11.5 Å². The lowest BCUT2D eigenvalue weighted by Crippen LogP contribution is -2.16. The maximum absolute atomic E-state index is 12.8. The number of nitrogens with one attached hydrogen (secondary N) is 1. The van der Waals surface area contributed by atoms with E-state index in [1.165, 1.54) is 25.1 Å². The third-order valence-electron chi connectivity index (χ3n) is 4.53. The number of aromatic nitrogens is 2. The highest BCUT2D eigenvalue weighted by Gasteiger charge is 2.34. The molecule has 0 bridgehead atoms. The molecule has 0 radical (unpaired) electrons. The van der Waals surface area contributed by atoms with Crippen molar-refractivity contribution in [2.24, 2.45) is 0 Å². The fraction of sp³-hybridized carbons (Fsp3) is 0.238. The van der Waals surface area contributed by atoms with Gasteiger partial charge in [0.05, 0.1) is 16.7 Å². The number of ether oxygens (including phenoxy) is 1. The van der Waals surface area contributed by atoms with Crippen molar-refractivity contribution in [3.63, 3.8) is 0 Å². The number of carbonyl (C=O) groups excluding carboxylic acids is 1. The predicted octanol–water partition coefficient (Wildman–Crippen LogP) is 5.25. The quantitative estimate of drug-likeness (QED) is 0.393. The van der Waals surface area contributed by atoms with E-state index in [4.69, 9.17) is 4.74 Å². The number of anilines is 1. The van der Waals surface area contributed by atoms with Crippen LogP contribution in [-0.2, 0) is 17.5 Å². The van der Waals surface area contributed by atoms with Crippen molar-refractivity contribution < 1.29 is 27.6 Å². The third-order valence-corrected chi connectivity index (χ3v) is 4.53. The highest BCUT2D eigenvalue weighted by atomic mass is 19.4. The van der Waals surface area contributed by atoms with E-state index in [0.29, 0.717) is 5.75 Å². The van der Waals surface area contributed by atoms with Crippen LogP contribution in [0.5, 0.6) is 11.5 Å². The SMILES string of the molecule is Cc1ccccc1Oc1cc(NC(=O)CCn2nc(C(F)(F)F)cc2C)cc([N+](=O)[O-])c1. The summed E-state index contributed by atoms with van der Waals surface area (Å²) >= 11 is 0. The summed E-state index contributed by atoms with van der Waals surface area (Å²) in [5.74, 6) is 0.109. The number of carbonyl (C=O) groups is 1. The minimum Gasteiger partial charge on any atom is -0.457 e. The van der Waals surface area contributed by atoms with Gasteiger partial charge in [-0.2, -0.15) is 18.3 Å². The summed E-state index contributed by atoms with van der Waals surface area (Å²) in [7, 11) is 0. The summed E-state index contributed by atoms with van der Waals surface area (Å²) in [5, 5.41) is 17.3. The molecule has 1 aromatic heterocycles. The summed E-state index contributed by atoms with van der Waals surface area (Å²) in [5.41, 5.74) is -0.121. The molecule has 0 saturated carbocycles. The molecule has 3 rings (SSSR count). The molecule has 0 aliphatic carbocycles. The lowest BCUT2D eigenvalue weighted by atomic mass is 10.2. The molecular weight excluding hydrogens is 429 g/mol. The number of hydrogen-bond donors (Lipinski definition) is 1. The zero-order chi connectivity index (χ0) is 23.5. The first-order chi connectivity index (χ1) is 15.0. The Bertz CT molecular complexity index is 1160. The van der Waals surface area contributed by atoms with Gasteiger partial charge in [-0.3, -0.25) is 19.6 Å². The number of rotatable bonds is 7. The first-order valence-corrected chi connectivity index (χ1v) is 9.47. The van der Waals surface area contributed by atoms with E-state index in [1.807, 2.05) is 19.1 Å². The Balaban J connectivity index is 1.73. The number of nitro groups is 1. The fourth-order valence-electron chi connectivity index (χ4n) is 2.92. The molecule has 8 nitrogen and oxygen atoms in total. The highest BCUT2D eigenvalue weighted by Crippen LogP contribution is 2.31. The zero-order valence-corrected chi connectivity index (χ0v) is 17.1. The summed E-state index contributed by atoms with van der Waals surface area (Å²) < 4.78 is 45.1. The average Bonchev–Trinajstić information content (AvgIpc) is 3.09. The number of benzene rings is 2. The normalized spacial score (nSPS) is 11.3. The Hall–Kier alpha value is -3.89. The molecule has 2 aromatic carbocycles. The van der Waals surface area contributed by atoms with Gasteiger partial charge in [0.2, 0.25) is 5.91 Å². The van der Waals surface area contributed by atoms with Gasteiger partial charge in [0.1, 0.15) is 11.5 Å². The minimum absolute atomic E-state index is 0.0881. The number of aryl methyl sites for hydroxylation is 3. The van der Waals surface area contributed by atoms with Crippen LogP contribution in [0.3, 0.4) is 0 Å². The molecule has 0 spiro atoms. The topological polar surface area (TPSA) is 99.3 Å². The van der Waals surface area contributed by atoms with Gasteiger partial charge in [0, 0.05) is 30.8 Å². The van der Waals surface area contributed by atoms with Crippen LogP contribution in [0.4, 0.5) is 24.5 Å². The first kappa shape index (κ1) is 22.8. The van der Waals surface area contributed by atoms with Gasteiger partial charge in [-0.05, 0) is 31.5 Å². The van der Waals surface area contributed by atoms with Crippen molar-refractivity contribution in [1.82, 2.24) is 9.78 Å². The number of halogens is 3. The lowest BCUT2D eigenvalue weighted by molar-refractivity contribution is -0.384. The maximum atomic E-state index is 12.8. The molecule has 0 aliphatic heterocycles. The molecule has 0 unspecified atom stereocenters. The Morgan fingerprint density at radius 3 is 2.53 bits per heavy atom. The molecule has 0 fully saturated rings. The van der Waals surface area contributed by atoms with Gasteiger partial charge in [0.25, 0.3) is 5.69 Å². The summed E-state index contributed by atoms with van der Waals surface area (Å²) in [6, 6.07) is 11.8.